The lowest BCUT2D eigenvalue weighted by Gasteiger charge is -2.36. The van der Waals surface area contributed by atoms with Crippen molar-refractivity contribution in [3.05, 3.63) is 35.9 Å². The average Bonchev–Trinajstić information content (AvgIpc) is 2.53. The van der Waals surface area contributed by atoms with Crippen LogP contribution >= 0.6 is 0 Å². The zero-order valence-corrected chi connectivity index (χ0v) is 13.0. The fourth-order valence-corrected chi connectivity index (χ4v) is 3.14. The molecule has 1 aliphatic heterocycles. The Morgan fingerprint density at radius 1 is 1.43 bits per heavy atom. The Hall–Kier alpha value is -1.39. The molecule has 1 aromatic carbocycles. The fourth-order valence-electron chi connectivity index (χ4n) is 3.14. The number of rotatable bonds is 6. The maximum Gasteiger partial charge on any atom is 0.325 e. The number of nitrogens with one attached hydrogen (secondary N) is 1. The lowest BCUT2D eigenvalue weighted by atomic mass is 9.90. The van der Waals surface area contributed by atoms with E-state index < -0.39 is 12.0 Å². The molecule has 1 heterocycles. The van der Waals surface area contributed by atoms with Gasteiger partial charge in [0.15, 0.2) is 0 Å². The number of nitrogens with zero attached hydrogens (tertiary/aromatic N) is 1. The van der Waals surface area contributed by atoms with Crippen LogP contribution in [0.5, 0.6) is 0 Å². The largest absolute Gasteiger partial charge is 0.480 e. The highest BCUT2D eigenvalue weighted by Crippen LogP contribution is 2.22. The Labute approximate surface area is 127 Å². The first-order chi connectivity index (χ1) is 10.1. The van der Waals surface area contributed by atoms with Gasteiger partial charge in [-0.25, -0.2) is 0 Å². The van der Waals surface area contributed by atoms with Gasteiger partial charge in [-0.05, 0) is 44.3 Å². The quantitative estimate of drug-likeness (QED) is 0.845. The third kappa shape index (κ3) is 4.29. The molecule has 0 saturated carbocycles. The molecule has 1 aromatic rings. The first kappa shape index (κ1) is 16.0. The van der Waals surface area contributed by atoms with E-state index in [-0.39, 0.29) is 6.04 Å². The molecule has 0 aromatic heterocycles. The summed E-state index contributed by atoms with van der Waals surface area (Å²) in [5.74, 6) is -0.291. The lowest BCUT2D eigenvalue weighted by Crippen LogP contribution is -2.46. The average molecular weight is 290 g/mol. The molecule has 1 fully saturated rings. The Morgan fingerprint density at radius 2 is 2.14 bits per heavy atom. The van der Waals surface area contributed by atoms with E-state index in [4.69, 9.17) is 0 Å². The fraction of sp³-hybridized carbons (Fsp3) is 0.588. The summed E-state index contributed by atoms with van der Waals surface area (Å²) in [6.07, 6.45) is 2.37. The first-order valence-corrected chi connectivity index (χ1v) is 7.88. The monoisotopic (exact) mass is 290 g/mol. The molecule has 2 N–H and O–H groups in total. The third-order valence-corrected chi connectivity index (χ3v) is 4.51. The molecule has 0 spiro atoms. The molecule has 3 atom stereocenters. The van der Waals surface area contributed by atoms with E-state index in [1.165, 1.54) is 19.4 Å². The number of carbonyl (C=O) groups is 1. The van der Waals surface area contributed by atoms with Gasteiger partial charge in [0.25, 0.3) is 0 Å². The zero-order chi connectivity index (χ0) is 15.2. The Balaban J connectivity index is 2.01. The summed E-state index contributed by atoms with van der Waals surface area (Å²) in [4.78, 5) is 14.0. The van der Waals surface area contributed by atoms with Crippen molar-refractivity contribution in [2.45, 2.75) is 38.8 Å². The zero-order valence-electron chi connectivity index (χ0n) is 13.0. The topological polar surface area (TPSA) is 52.6 Å². The number of carboxylic acids is 1. The van der Waals surface area contributed by atoms with E-state index in [2.05, 4.69) is 24.1 Å². The molecule has 4 heteroatoms. The van der Waals surface area contributed by atoms with Crippen LogP contribution in [0.2, 0.25) is 0 Å². The molecule has 0 bridgehead atoms. The summed E-state index contributed by atoms with van der Waals surface area (Å²) in [6, 6.07) is 8.99. The normalized spacial score (nSPS) is 22.7. The molecule has 1 saturated heterocycles. The summed E-state index contributed by atoms with van der Waals surface area (Å²) in [5.41, 5.74) is 0.819. The van der Waals surface area contributed by atoms with Crippen molar-refractivity contribution in [2.75, 3.05) is 19.6 Å². The van der Waals surface area contributed by atoms with E-state index in [1.807, 2.05) is 30.3 Å². The lowest BCUT2D eigenvalue weighted by molar-refractivity contribution is -0.140. The second kappa shape index (κ2) is 7.57. The van der Waals surface area contributed by atoms with E-state index >= 15 is 0 Å². The predicted octanol–water partition coefficient (Wildman–Crippen LogP) is 2.52. The van der Waals surface area contributed by atoms with Gasteiger partial charge in [0.1, 0.15) is 6.04 Å². The van der Waals surface area contributed by atoms with Gasteiger partial charge in [-0.15, -0.1) is 0 Å². The van der Waals surface area contributed by atoms with Gasteiger partial charge in [-0.2, -0.15) is 0 Å². The van der Waals surface area contributed by atoms with Crippen molar-refractivity contribution in [2.24, 2.45) is 5.92 Å². The van der Waals surface area contributed by atoms with E-state index in [0.29, 0.717) is 5.92 Å². The van der Waals surface area contributed by atoms with Crippen molar-refractivity contribution >= 4 is 5.97 Å². The minimum Gasteiger partial charge on any atom is -0.480 e. The van der Waals surface area contributed by atoms with Crippen LogP contribution in [0.25, 0.3) is 0 Å². The molecule has 3 unspecified atom stereocenters. The highest BCUT2D eigenvalue weighted by atomic mass is 16.4. The van der Waals surface area contributed by atoms with Crippen LogP contribution in [0.3, 0.4) is 0 Å². The van der Waals surface area contributed by atoms with Gasteiger partial charge in [-0.3, -0.25) is 10.1 Å². The molecule has 4 nitrogen and oxygen atoms in total. The standard InChI is InChI=1S/C17H26N2O2/c1-3-19-11-7-10-15(12-19)13(2)18-16(17(20)21)14-8-5-4-6-9-14/h4-6,8-9,13,15-16,18H,3,7,10-12H2,1-2H3,(H,20,21). The maximum absolute atomic E-state index is 11.6. The minimum absolute atomic E-state index is 0.195. The van der Waals surface area contributed by atoms with Gasteiger partial charge in [0.2, 0.25) is 0 Å². The summed E-state index contributed by atoms with van der Waals surface area (Å²) >= 11 is 0. The van der Waals surface area contributed by atoms with Crippen molar-refractivity contribution in [3.8, 4) is 0 Å². The van der Waals surface area contributed by atoms with Crippen molar-refractivity contribution in [3.63, 3.8) is 0 Å². The van der Waals surface area contributed by atoms with Crippen LogP contribution in [-0.2, 0) is 4.79 Å². The summed E-state index contributed by atoms with van der Waals surface area (Å²) in [7, 11) is 0. The van der Waals surface area contributed by atoms with Gasteiger partial charge < -0.3 is 10.0 Å². The third-order valence-electron chi connectivity index (χ3n) is 4.51. The van der Waals surface area contributed by atoms with Gasteiger partial charge >= 0.3 is 5.97 Å². The summed E-state index contributed by atoms with van der Waals surface area (Å²) < 4.78 is 0. The highest BCUT2D eigenvalue weighted by Gasteiger charge is 2.28. The molecule has 2 rings (SSSR count). The second-order valence-electron chi connectivity index (χ2n) is 5.93. The second-order valence-corrected chi connectivity index (χ2v) is 5.93. The molecular formula is C17H26N2O2. The number of hydrogen-bond acceptors (Lipinski definition) is 3. The van der Waals surface area contributed by atoms with E-state index in [9.17, 15) is 9.90 Å². The molecule has 0 amide bonds. The van der Waals surface area contributed by atoms with Gasteiger partial charge in [-0.1, -0.05) is 37.3 Å². The van der Waals surface area contributed by atoms with Crippen LogP contribution in [0, 0.1) is 5.92 Å². The number of piperidine rings is 1. The van der Waals surface area contributed by atoms with Gasteiger partial charge in [0, 0.05) is 12.6 Å². The smallest absolute Gasteiger partial charge is 0.325 e. The minimum atomic E-state index is -0.809. The van der Waals surface area contributed by atoms with Crippen LogP contribution in [0.1, 0.15) is 38.3 Å². The Morgan fingerprint density at radius 3 is 2.76 bits per heavy atom. The van der Waals surface area contributed by atoms with Crippen LogP contribution in [-0.4, -0.2) is 41.7 Å². The number of carboxylic acid groups (broad SMARTS) is 1. The maximum atomic E-state index is 11.6. The molecule has 0 radical (unpaired) electrons. The van der Waals surface area contributed by atoms with Gasteiger partial charge in [0.05, 0.1) is 0 Å². The SMILES string of the molecule is CCN1CCCC(C(C)NC(C(=O)O)c2ccccc2)C1. The number of benzene rings is 1. The molecule has 21 heavy (non-hydrogen) atoms. The molecule has 1 aliphatic rings. The van der Waals surface area contributed by atoms with E-state index in [1.54, 1.807) is 0 Å². The van der Waals surface area contributed by atoms with Crippen LogP contribution < -0.4 is 5.32 Å². The predicted molar refractivity (Wildman–Crippen MR) is 84.3 cm³/mol. The van der Waals surface area contributed by atoms with Crippen molar-refractivity contribution in [1.29, 1.82) is 0 Å². The van der Waals surface area contributed by atoms with Crippen molar-refractivity contribution in [1.82, 2.24) is 10.2 Å². The molecule has 0 aliphatic carbocycles. The summed E-state index contributed by atoms with van der Waals surface area (Å²) in [5, 5.41) is 12.8. The Kier molecular flexibility index (Phi) is 5.76. The molecule has 116 valence electrons. The van der Waals surface area contributed by atoms with Crippen molar-refractivity contribution < 1.29 is 9.90 Å². The number of likely N-dealkylation sites (tertiary alicyclic amines) is 1. The molecular weight excluding hydrogens is 264 g/mol. The number of hydrogen-bond donors (Lipinski definition) is 2. The Bertz CT molecular complexity index is 449. The number of aliphatic carboxylic acids is 1. The summed E-state index contributed by atoms with van der Waals surface area (Å²) in [6.45, 7) is 7.60. The first-order valence-electron chi connectivity index (χ1n) is 7.88. The van der Waals surface area contributed by atoms with E-state index in [0.717, 1.165) is 18.7 Å². The highest BCUT2D eigenvalue weighted by molar-refractivity contribution is 5.75. The van der Waals surface area contributed by atoms with Crippen LogP contribution in [0.15, 0.2) is 30.3 Å². The van der Waals surface area contributed by atoms with Crippen LogP contribution in [0.4, 0.5) is 0 Å².